The molecular formula is C11H8N2. The molecule has 1 aromatic carbocycles. The first kappa shape index (κ1) is 9.03. The molecule has 2 heteroatoms. The minimum absolute atomic E-state index is 0.631. The van der Waals surface area contributed by atoms with E-state index in [9.17, 15) is 0 Å². The van der Waals surface area contributed by atoms with Crippen LogP contribution in [0.15, 0.2) is 29.8 Å². The van der Waals surface area contributed by atoms with Gasteiger partial charge in [0, 0.05) is 5.57 Å². The Balaban J connectivity index is 2.96. The number of allylic oxidation sites excluding steroid dienone is 1. The fourth-order valence-electron chi connectivity index (χ4n) is 0.936. The molecule has 0 aliphatic rings. The third-order valence-corrected chi connectivity index (χ3v) is 1.60. The molecule has 0 aliphatic carbocycles. The van der Waals surface area contributed by atoms with Gasteiger partial charge in [0.15, 0.2) is 0 Å². The molecular weight excluding hydrogens is 160 g/mol. The highest BCUT2D eigenvalue weighted by molar-refractivity contribution is 5.56. The van der Waals surface area contributed by atoms with Crippen LogP contribution in [0.1, 0.15) is 18.1 Å². The molecule has 0 bridgehead atoms. The third kappa shape index (κ3) is 2.47. The maximum absolute atomic E-state index is 8.54. The zero-order valence-electron chi connectivity index (χ0n) is 7.28. The lowest BCUT2D eigenvalue weighted by Gasteiger charge is -1.92. The molecule has 0 fully saturated rings. The number of hydrogen-bond donors (Lipinski definition) is 0. The van der Waals surface area contributed by atoms with Gasteiger partial charge in [-0.2, -0.15) is 10.5 Å². The Hall–Kier alpha value is -2.06. The summed E-state index contributed by atoms with van der Waals surface area (Å²) in [4.78, 5) is 0. The maximum atomic E-state index is 8.54. The van der Waals surface area contributed by atoms with Gasteiger partial charge in [-0.25, -0.2) is 0 Å². The highest BCUT2D eigenvalue weighted by Crippen LogP contribution is 2.07. The van der Waals surface area contributed by atoms with E-state index < -0.39 is 0 Å². The van der Waals surface area contributed by atoms with Crippen LogP contribution in [0.4, 0.5) is 0 Å². The van der Waals surface area contributed by atoms with Gasteiger partial charge < -0.3 is 0 Å². The third-order valence-electron chi connectivity index (χ3n) is 1.60. The van der Waals surface area contributed by atoms with Gasteiger partial charge in [-0.05, 0) is 30.7 Å². The van der Waals surface area contributed by atoms with Gasteiger partial charge in [-0.1, -0.05) is 12.1 Å². The van der Waals surface area contributed by atoms with E-state index in [0.717, 1.165) is 5.56 Å². The zero-order valence-corrected chi connectivity index (χ0v) is 7.28. The van der Waals surface area contributed by atoms with Gasteiger partial charge in [0.25, 0.3) is 0 Å². The van der Waals surface area contributed by atoms with Crippen molar-refractivity contribution in [3.8, 4) is 12.1 Å². The van der Waals surface area contributed by atoms with Crippen LogP contribution in [0.2, 0.25) is 0 Å². The lowest BCUT2D eigenvalue weighted by atomic mass is 10.1. The smallest absolute Gasteiger partial charge is 0.0991 e. The van der Waals surface area contributed by atoms with Gasteiger partial charge >= 0.3 is 0 Å². The molecule has 0 radical (unpaired) electrons. The van der Waals surface area contributed by atoms with Crippen molar-refractivity contribution in [1.29, 1.82) is 10.5 Å². The Bertz CT molecular complexity index is 399. The second-order valence-electron chi connectivity index (χ2n) is 2.67. The first-order chi connectivity index (χ1) is 6.26. The summed E-state index contributed by atoms with van der Waals surface area (Å²) >= 11 is 0. The van der Waals surface area contributed by atoms with Crippen molar-refractivity contribution in [2.75, 3.05) is 0 Å². The summed E-state index contributed by atoms with van der Waals surface area (Å²) in [5.74, 6) is 0. The van der Waals surface area contributed by atoms with E-state index in [1.807, 2.05) is 24.3 Å². The fraction of sp³-hybridized carbons (Fsp3) is 0.0909. The molecule has 1 aromatic rings. The quantitative estimate of drug-likeness (QED) is 0.605. The molecule has 0 saturated carbocycles. The molecule has 62 valence electrons. The van der Waals surface area contributed by atoms with Gasteiger partial charge in [-0.15, -0.1) is 0 Å². The van der Waals surface area contributed by atoms with E-state index in [0.29, 0.717) is 11.1 Å². The average molecular weight is 168 g/mol. The van der Waals surface area contributed by atoms with Crippen molar-refractivity contribution in [2.45, 2.75) is 6.92 Å². The van der Waals surface area contributed by atoms with E-state index in [-0.39, 0.29) is 0 Å². The van der Waals surface area contributed by atoms with Crippen LogP contribution in [-0.2, 0) is 0 Å². The molecule has 0 heterocycles. The predicted molar refractivity (Wildman–Crippen MR) is 50.4 cm³/mol. The van der Waals surface area contributed by atoms with Gasteiger partial charge in [0.2, 0.25) is 0 Å². The summed E-state index contributed by atoms with van der Waals surface area (Å²) in [5, 5.41) is 17.1. The standard InChI is InChI=1S/C11H8N2/c1-9(7-12)6-10-2-4-11(8-13)5-3-10/h2-6H,1H3/b9-6+. The molecule has 2 nitrogen and oxygen atoms in total. The summed E-state index contributed by atoms with van der Waals surface area (Å²) in [6.45, 7) is 1.75. The minimum Gasteiger partial charge on any atom is -0.193 e. The zero-order chi connectivity index (χ0) is 9.68. The number of rotatable bonds is 1. The number of benzene rings is 1. The van der Waals surface area contributed by atoms with Crippen molar-refractivity contribution >= 4 is 6.08 Å². The normalized spacial score (nSPS) is 10.2. The number of nitriles is 2. The second kappa shape index (κ2) is 4.09. The molecule has 13 heavy (non-hydrogen) atoms. The van der Waals surface area contributed by atoms with Crippen LogP contribution in [0.5, 0.6) is 0 Å². The van der Waals surface area contributed by atoms with Crippen molar-refractivity contribution in [1.82, 2.24) is 0 Å². The monoisotopic (exact) mass is 168 g/mol. The number of hydrogen-bond acceptors (Lipinski definition) is 2. The molecule has 0 saturated heterocycles. The van der Waals surface area contributed by atoms with Crippen LogP contribution in [0, 0.1) is 22.7 Å². The van der Waals surface area contributed by atoms with Crippen LogP contribution >= 0.6 is 0 Å². The van der Waals surface area contributed by atoms with E-state index in [4.69, 9.17) is 10.5 Å². The molecule has 0 spiro atoms. The van der Waals surface area contributed by atoms with Gasteiger partial charge in [-0.3, -0.25) is 0 Å². The number of nitrogens with zero attached hydrogens (tertiary/aromatic N) is 2. The molecule has 0 amide bonds. The summed E-state index contributed by atoms with van der Waals surface area (Å²) in [6, 6.07) is 11.2. The van der Waals surface area contributed by atoms with E-state index in [1.165, 1.54) is 0 Å². The molecule has 0 aliphatic heterocycles. The Morgan fingerprint density at radius 3 is 2.31 bits per heavy atom. The SMILES string of the molecule is C/C(C#N)=C\c1ccc(C#N)cc1. The lowest BCUT2D eigenvalue weighted by Crippen LogP contribution is -1.76. The van der Waals surface area contributed by atoms with Crippen molar-refractivity contribution in [3.05, 3.63) is 41.0 Å². The average Bonchev–Trinajstić information content (AvgIpc) is 2.19. The minimum atomic E-state index is 0.631. The van der Waals surface area contributed by atoms with E-state index >= 15 is 0 Å². The Labute approximate surface area is 77.4 Å². The van der Waals surface area contributed by atoms with Crippen molar-refractivity contribution in [3.63, 3.8) is 0 Å². The summed E-state index contributed by atoms with van der Waals surface area (Å²) < 4.78 is 0. The predicted octanol–water partition coefficient (Wildman–Crippen LogP) is 2.49. The Morgan fingerprint density at radius 2 is 1.85 bits per heavy atom. The second-order valence-corrected chi connectivity index (χ2v) is 2.67. The fourth-order valence-corrected chi connectivity index (χ4v) is 0.936. The Kier molecular flexibility index (Phi) is 2.84. The molecule has 1 rings (SSSR count). The highest BCUT2D eigenvalue weighted by atomic mass is 14.2. The Morgan fingerprint density at radius 1 is 1.23 bits per heavy atom. The van der Waals surface area contributed by atoms with Crippen molar-refractivity contribution < 1.29 is 0 Å². The lowest BCUT2D eigenvalue weighted by molar-refractivity contribution is 1.45. The van der Waals surface area contributed by atoms with Crippen LogP contribution < -0.4 is 0 Å². The van der Waals surface area contributed by atoms with E-state index in [2.05, 4.69) is 0 Å². The summed E-state index contributed by atoms with van der Waals surface area (Å²) in [5.41, 5.74) is 2.23. The van der Waals surface area contributed by atoms with Crippen LogP contribution in [0.25, 0.3) is 6.08 Å². The molecule has 0 aromatic heterocycles. The van der Waals surface area contributed by atoms with E-state index in [1.54, 1.807) is 25.1 Å². The topological polar surface area (TPSA) is 47.6 Å². The first-order valence-electron chi connectivity index (χ1n) is 3.85. The van der Waals surface area contributed by atoms with Crippen LogP contribution in [0.3, 0.4) is 0 Å². The highest BCUT2D eigenvalue weighted by Gasteiger charge is 1.91. The largest absolute Gasteiger partial charge is 0.193 e. The summed E-state index contributed by atoms with van der Waals surface area (Å²) in [7, 11) is 0. The van der Waals surface area contributed by atoms with Gasteiger partial charge in [0.05, 0.1) is 17.7 Å². The first-order valence-corrected chi connectivity index (χ1v) is 3.85. The summed E-state index contributed by atoms with van der Waals surface area (Å²) in [6.07, 6.45) is 1.78. The van der Waals surface area contributed by atoms with Crippen molar-refractivity contribution in [2.24, 2.45) is 0 Å². The maximum Gasteiger partial charge on any atom is 0.0991 e. The van der Waals surface area contributed by atoms with Crippen LogP contribution in [-0.4, -0.2) is 0 Å². The molecule has 0 atom stereocenters. The molecule has 0 N–H and O–H groups in total. The molecule has 0 unspecified atom stereocenters. The van der Waals surface area contributed by atoms with Gasteiger partial charge in [0.1, 0.15) is 0 Å².